The molecule has 1 amide bonds. The summed E-state index contributed by atoms with van der Waals surface area (Å²) in [6, 6.07) is 0. The van der Waals surface area contributed by atoms with Gasteiger partial charge in [-0.3, -0.25) is 4.79 Å². The summed E-state index contributed by atoms with van der Waals surface area (Å²) in [5.41, 5.74) is 0.411. The molecule has 0 aromatic carbocycles. The zero-order valence-electron chi connectivity index (χ0n) is 9.64. The van der Waals surface area contributed by atoms with Crippen molar-refractivity contribution in [2.45, 2.75) is 32.1 Å². The maximum absolute atomic E-state index is 11.9. The zero-order valence-corrected chi connectivity index (χ0v) is 11.2. The summed E-state index contributed by atoms with van der Waals surface area (Å²) in [4.78, 5) is 11.9. The third-order valence-corrected chi connectivity index (χ3v) is 4.15. The molecule has 1 unspecified atom stereocenters. The van der Waals surface area contributed by atoms with Crippen LogP contribution < -0.4 is 5.32 Å². The Hall–Kier alpha value is -0.0900. The smallest absolute Gasteiger partial charge is 0.225 e. The van der Waals surface area contributed by atoms with Crippen LogP contribution >= 0.6 is 15.9 Å². The van der Waals surface area contributed by atoms with Gasteiger partial charge in [0.25, 0.3) is 0 Å². The van der Waals surface area contributed by atoms with Gasteiger partial charge < -0.3 is 10.1 Å². The first-order valence-electron chi connectivity index (χ1n) is 6.17. The van der Waals surface area contributed by atoms with Crippen molar-refractivity contribution < 1.29 is 9.53 Å². The van der Waals surface area contributed by atoms with Crippen LogP contribution in [0.3, 0.4) is 0 Å². The van der Waals surface area contributed by atoms with Crippen molar-refractivity contribution in [3.63, 3.8) is 0 Å². The van der Waals surface area contributed by atoms with Crippen LogP contribution in [0.5, 0.6) is 0 Å². The number of alkyl halides is 1. The third-order valence-electron chi connectivity index (χ3n) is 3.75. The number of rotatable bonds is 5. The van der Waals surface area contributed by atoms with E-state index in [2.05, 4.69) is 21.2 Å². The van der Waals surface area contributed by atoms with Crippen LogP contribution in [0.1, 0.15) is 32.1 Å². The Kier molecular flexibility index (Phi) is 4.25. The van der Waals surface area contributed by atoms with Crippen molar-refractivity contribution >= 4 is 21.8 Å². The Morgan fingerprint density at radius 1 is 1.50 bits per heavy atom. The van der Waals surface area contributed by atoms with Crippen LogP contribution in [0.2, 0.25) is 0 Å². The quantitative estimate of drug-likeness (QED) is 0.787. The SMILES string of the molecule is O=C(NCC1(CCBr)CC1)C1CCCOC1. The Balaban J connectivity index is 1.70. The lowest BCUT2D eigenvalue weighted by molar-refractivity contribution is -0.129. The molecule has 2 rings (SSSR count). The van der Waals surface area contributed by atoms with Crippen molar-refractivity contribution in [2.75, 3.05) is 25.1 Å². The number of nitrogens with one attached hydrogen (secondary N) is 1. The summed E-state index contributed by atoms with van der Waals surface area (Å²) in [5.74, 6) is 0.286. The normalized spacial score (nSPS) is 27.4. The van der Waals surface area contributed by atoms with Gasteiger partial charge in [0.1, 0.15) is 0 Å². The Morgan fingerprint density at radius 2 is 2.31 bits per heavy atom. The second-order valence-corrected chi connectivity index (χ2v) is 5.86. The number of carbonyl (C=O) groups is 1. The van der Waals surface area contributed by atoms with Crippen molar-refractivity contribution in [3.8, 4) is 0 Å². The van der Waals surface area contributed by atoms with Gasteiger partial charge in [0, 0.05) is 18.5 Å². The van der Waals surface area contributed by atoms with Gasteiger partial charge in [-0.05, 0) is 37.5 Å². The van der Waals surface area contributed by atoms with Crippen molar-refractivity contribution in [1.82, 2.24) is 5.32 Å². The molecule has 92 valence electrons. The van der Waals surface area contributed by atoms with Crippen LogP contribution in [-0.4, -0.2) is 31.0 Å². The van der Waals surface area contributed by atoms with Crippen LogP contribution in [0.4, 0.5) is 0 Å². The van der Waals surface area contributed by atoms with Gasteiger partial charge in [-0.15, -0.1) is 0 Å². The first-order valence-corrected chi connectivity index (χ1v) is 7.29. The summed E-state index contributed by atoms with van der Waals surface area (Å²) >= 11 is 3.48. The summed E-state index contributed by atoms with van der Waals surface area (Å²) in [6.07, 6.45) is 5.70. The van der Waals surface area contributed by atoms with Crippen molar-refractivity contribution in [1.29, 1.82) is 0 Å². The first-order chi connectivity index (χ1) is 7.76. The predicted octanol–water partition coefficient (Wildman–Crippen LogP) is 2.09. The second kappa shape index (κ2) is 5.50. The van der Waals surface area contributed by atoms with E-state index in [1.165, 1.54) is 19.3 Å². The van der Waals surface area contributed by atoms with E-state index < -0.39 is 0 Å². The number of ether oxygens (including phenoxy) is 1. The summed E-state index contributed by atoms with van der Waals surface area (Å²) in [7, 11) is 0. The van der Waals surface area contributed by atoms with E-state index in [0.29, 0.717) is 12.0 Å². The number of hydrogen-bond donors (Lipinski definition) is 1. The minimum Gasteiger partial charge on any atom is -0.381 e. The topological polar surface area (TPSA) is 38.3 Å². The van der Waals surface area contributed by atoms with Crippen LogP contribution in [-0.2, 0) is 9.53 Å². The molecular formula is C12H20BrNO2. The fourth-order valence-corrected chi connectivity index (χ4v) is 3.10. The van der Waals surface area contributed by atoms with Gasteiger partial charge in [-0.1, -0.05) is 15.9 Å². The van der Waals surface area contributed by atoms with E-state index in [4.69, 9.17) is 4.74 Å². The van der Waals surface area contributed by atoms with Crippen LogP contribution in [0, 0.1) is 11.3 Å². The molecule has 0 aromatic heterocycles. The lowest BCUT2D eigenvalue weighted by atomic mass is 10.00. The van der Waals surface area contributed by atoms with E-state index in [-0.39, 0.29) is 11.8 Å². The molecular weight excluding hydrogens is 270 g/mol. The highest BCUT2D eigenvalue weighted by atomic mass is 79.9. The fraction of sp³-hybridized carbons (Fsp3) is 0.917. The molecule has 0 spiro atoms. The highest BCUT2D eigenvalue weighted by Crippen LogP contribution is 2.48. The van der Waals surface area contributed by atoms with E-state index >= 15 is 0 Å². The number of halogens is 1. The molecule has 1 saturated heterocycles. The molecule has 2 fully saturated rings. The molecule has 0 aromatic rings. The largest absolute Gasteiger partial charge is 0.381 e. The molecule has 1 saturated carbocycles. The molecule has 0 radical (unpaired) electrons. The predicted molar refractivity (Wildman–Crippen MR) is 66.6 cm³/mol. The van der Waals surface area contributed by atoms with E-state index in [0.717, 1.165) is 31.3 Å². The Bertz CT molecular complexity index is 247. The molecule has 1 aliphatic heterocycles. The minimum atomic E-state index is 0.0912. The molecule has 1 heterocycles. The Labute approximate surface area is 105 Å². The van der Waals surface area contributed by atoms with Gasteiger partial charge in [-0.25, -0.2) is 0 Å². The lowest BCUT2D eigenvalue weighted by Crippen LogP contribution is -2.38. The number of carbonyl (C=O) groups excluding carboxylic acids is 1. The molecule has 3 nitrogen and oxygen atoms in total. The third kappa shape index (κ3) is 3.20. The average Bonchev–Trinajstić information content (AvgIpc) is 3.08. The number of hydrogen-bond acceptors (Lipinski definition) is 2. The standard InChI is InChI=1S/C12H20BrNO2/c13-6-5-12(3-4-12)9-14-11(15)10-2-1-7-16-8-10/h10H,1-9H2,(H,14,15). The minimum absolute atomic E-state index is 0.0912. The van der Waals surface area contributed by atoms with Gasteiger partial charge in [-0.2, -0.15) is 0 Å². The van der Waals surface area contributed by atoms with Gasteiger partial charge in [0.2, 0.25) is 5.91 Å². The van der Waals surface area contributed by atoms with Crippen molar-refractivity contribution in [2.24, 2.45) is 11.3 Å². The highest BCUT2D eigenvalue weighted by Gasteiger charge is 2.42. The molecule has 2 aliphatic rings. The van der Waals surface area contributed by atoms with E-state index in [9.17, 15) is 4.79 Å². The maximum atomic E-state index is 11.9. The summed E-state index contributed by atoms with van der Waals surface area (Å²) in [5, 5.41) is 4.14. The average molecular weight is 290 g/mol. The molecule has 1 N–H and O–H groups in total. The molecule has 16 heavy (non-hydrogen) atoms. The zero-order chi connectivity index (χ0) is 11.4. The monoisotopic (exact) mass is 289 g/mol. The highest BCUT2D eigenvalue weighted by molar-refractivity contribution is 9.09. The lowest BCUT2D eigenvalue weighted by Gasteiger charge is -2.23. The molecule has 4 heteroatoms. The maximum Gasteiger partial charge on any atom is 0.225 e. The van der Waals surface area contributed by atoms with E-state index in [1.807, 2.05) is 0 Å². The van der Waals surface area contributed by atoms with E-state index in [1.54, 1.807) is 0 Å². The van der Waals surface area contributed by atoms with Crippen molar-refractivity contribution in [3.05, 3.63) is 0 Å². The fourth-order valence-electron chi connectivity index (χ4n) is 2.26. The van der Waals surface area contributed by atoms with Crippen LogP contribution in [0.15, 0.2) is 0 Å². The van der Waals surface area contributed by atoms with Gasteiger partial charge in [0.15, 0.2) is 0 Å². The molecule has 0 bridgehead atoms. The van der Waals surface area contributed by atoms with Gasteiger partial charge >= 0.3 is 0 Å². The van der Waals surface area contributed by atoms with Gasteiger partial charge in [0.05, 0.1) is 12.5 Å². The first kappa shape index (κ1) is 12.4. The summed E-state index contributed by atoms with van der Waals surface area (Å²) in [6.45, 7) is 2.28. The second-order valence-electron chi connectivity index (χ2n) is 5.07. The molecule has 1 aliphatic carbocycles. The molecule has 1 atom stereocenters. The number of amides is 1. The summed E-state index contributed by atoms with van der Waals surface area (Å²) < 4.78 is 5.33. The van der Waals surface area contributed by atoms with Crippen LogP contribution in [0.25, 0.3) is 0 Å². The Morgan fingerprint density at radius 3 is 2.88 bits per heavy atom.